The van der Waals surface area contributed by atoms with Crippen LogP contribution in [0.25, 0.3) is 0 Å². The molecule has 0 saturated heterocycles. The van der Waals surface area contributed by atoms with Crippen molar-refractivity contribution in [2.24, 2.45) is 11.7 Å². The van der Waals surface area contributed by atoms with Crippen LogP contribution >= 0.6 is 24.8 Å². The number of nitrogens with two attached hydrogens (primary N) is 1. The first-order valence-corrected chi connectivity index (χ1v) is 8.34. The fourth-order valence-corrected chi connectivity index (χ4v) is 2.78. The molecule has 1 heterocycles. The Kier molecular flexibility index (Phi) is 10.6. The molecule has 0 fully saturated rings. The summed E-state index contributed by atoms with van der Waals surface area (Å²) in [5.74, 6) is 0.785. The van der Waals surface area contributed by atoms with Crippen molar-refractivity contribution in [3.63, 3.8) is 0 Å². The number of carbonyl (C=O) groups is 1. The van der Waals surface area contributed by atoms with Crippen LogP contribution in [0.3, 0.4) is 0 Å². The van der Waals surface area contributed by atoms with Crippen molar-refractivity contribution in [2.75, 3.05) is 11.9 Å². The maximum absolute atomic E-state index is 12.0. The van der Waals surface area contributed by atoms with Crippen molar-refractivity contribution < 1.29 is 4.79 Å². The summed E-state index contributed by atoms with van der Waals surface area (Å²) in [6, 6.07) is 6.28. The van der Waals surface area contributed by atoms with Gasteiger partial charge in [-0.2, -0.15) is 0 Å². The van der Waals surface area contributed by atoms with Crippen molar-refractivity contribution in [1.29, 1.82) is 0 Å². The Morgan fingerprint density at radius 2 is 1.92 bits per heavy atom. The van der Waals surface area contributed by atoms with E-state index >= 15 is 0 Å². The summed E-state index contributed by atoms with van der Waals surface area (Å²) >= 11 is 0. The van der Waals surface area contributed by atoms with Gasteiger partial charge in [-0.3, -0.25) is 9.69 Å². The molecule has 3 N–H and O–H groups in total. The Morgan fingerprint density at radius 1 is 1.21 bits per heavy atom. The Morgan fingerprint density at radius 3 is 2.54 bits per heavy atom. The molecule has 1 unspecified atom stereocenters. The van der Waals surface area contributed by atoms with Crippen molar-refractivity contribution in [1.82, 2.24) is 4.90 Å². The second-order valence-corrected chi connectivity index (χ2v) is 6.90. The summed E-state index contributed by atoms with van der Waals surface area (Å²) in [5.41, 5.74) is 9.30. The first-order valence-electron chi connectivity index (χ1n) is 8.34. The van der Waals surface area contributed by atoms with Crippen LogP contribution < -0.4 is 11.1 Å². The van der Waals surface area contributed by atoms with Gasteiger partial charge in [-0.15, -0.1) is 24.8 Å². The third-order valence-corrected chi connectivity index (χ3v) is 4.17. The highest BCUT2D eigenvalue weighted by molar-refractivity contribution is 5.91. The molecule has 1 amide bonds. The number of nitrogens with zero attached hydrogens (tertiary/aromatic N) is 1. The zero-order valence-corrected chi connectivity index (χ0v) is 16.5. The van der Waals surface area contributed by atoms with Crippen LogP contribution in [-0.2, 0) is 17.9 Å². The van der Waals surface area contributed by atoms with E-state index in [-0.39, 0.29) is 36.8 Å². The quantitative estimate of drug-likeness (QED) is 0.757. The fourth-order valence-electron chi connectivity index (χ4n) is 2.78. The molecule has 24 heavy (non-hydrogen) atoms. The summed E-state index contributed by atoms with van der Waals surface area (Å²) in [6.45, 7) is 9.49. The van der Waals surface area contributed by atoms with Crippen molar-refractivity contribution in [3.05, 3.63) is 29.3 Å². The second kappa shape index (κ2) is 10.9. The summed E-state index contributed by atoms with van der Waals surface area (Å²) in [7, 11) is 0. The zero-order chi connectivity index (χ0) is 16.1. The molecule has 6 heteroatoms. The molecule has 138 valence electrons. The number of amides is 1. The second-order valence-electron chi connectivity index (χ2n) is 6.90. The van der Waals surface area contributed by atoms with Crippen LogP contribution in [-0.4, -0.2) is 23.4 Å². The van der Waals surface area contributed by atoms with E-state index in [0.717, 1.165) is 37.7 Å². The molecule has 0 bridgehead atoms. The summed E-state index contributed by atoms with van der Waals surface area (Å²) in [5, 5.41) is 3.06. The van der Waals surface area contributed by atoms with E-state index in [1.54, 1.807) is 0 Å². The van der Waals surface area contributed by atoms with E-state index in [1.807, 2.05) is 19.1 Å². The van der Waals surface area contributed by atoms with Crippen LogP contribution in [0.15, 0.2) is 18.2 Å². The third-order valence-electron chi connectivity index (χ3n) is 4.17. The average molecular weight is 376 g/mol. The zero-order valence-electron chi connectivity index (χ0n) is 14.9. The number of nitrogens with one attached hydrogen (secondary N) is 1. The minimum absolute atomic E-state index is 0. The SMILES string of the molecule is CC(C)CCN1Cc2cccc(NC(=O)CCC(C)N)c2C1.Cl.Cl. The molecule has 0 radical (unpaired) electrons. The minimum Gasteiger partial charge on any atom is -0.328 e. The van der Waals surface area contributed by atoms with Gasteiger partial charge in [0.2, 0.25) is 5.91 Å². The highest BCUT2D eigenvalue weighted by Gasteiger charge is 2.22. The Balaban J connectivity index is 0.00000264. The molecule has 1 aromatic carbocycles. The van der Waals surface area contributed by atoms with Crippen LogP contribution in [0.1, 0.15) is 51.2 Å². The van der Waals surface area contributed by atoms with Gasteiger partial charge >= 0.3 is 0 Å². The van der Waals surface area contributed by atoms with Crippen LogP contribution in [0.4, 0.5) is 5.69 Å². The van der Waals surface area contributed by atoms with Gasteiger partial charge in [-0.1, -0.05) is 26.0 Å². The molecule has 0 saturated carbocycles. The monoisotopic (exact) mass is 375 g/mol. The lowest BCUT2D eigenvalue weighted by Crippen LogP contribution is -2.20. The normalized spacial score (nSPS) is 14.5. The number of rotatable bonds is 7. The van der Waals surface area contributed by atoms with Gasteiger partial charge in [0.15, 0.2) is 0 Å². The molecule has 1 aliphatic rings. The molecule has 0 spiro atoms. The van der Waals surface area contributed by atoms with Gasteiger partial charge in [0.1, 0.15) is 0 Å². The summed E-state index contributed by atoms with van der Waals surface area (Å²) in [4.78, 5) is 14.5. The number of hydrogen-bond acceptors (Lipinski definition) is 3. The van der Waals surface area contributed by atoms with Gasteiger partial charge in [-0.25, -0.2) is 0 Å². The third kappa shape index (κ3) is 6.98. The highest BCUT2D eigenvalue weighted by Crippen LogP contribution is 2.29. The van der Waals surface area contributed by atoms with Crippen LogP contribution in [0, 0.1) is 5.92 Å². The average Bonchev–Trinajstić information content (AvgIpc) is 2.87. The number of carbonyl (C=O) groups excluding carboxylic acids is 1. The van der Waals surface area contributed by atoms with Crippen molar-refractivity contribution >= 4 is 36.4 Å². The van der Waals surface area contributed by atoms with Crippen molar-refractivity contribution in [3.8, 4) is 0 Å². The minimum atomic E-state index is 0. The number of anilines is 1. The van der Waals surface area contributed by atoms with Gasteiger partial charge < -0.3 is 11.1 Å². The molecule has 2 rings (SSSR count). The number of halogens is 2. The van der Waals surface area contributed by atoms with Gasteiger partial charge in [0, 0.05) is 31.2 Å². The number of hydrogen-bond donors (Lipinski definition) is 2. The van der Waals surface area contributed by atoms with Crippen LogP contribution in [0.2, 0.25) is 0 Å². The molecule has 1 atom stereocenters. The predicted octanol–water partition coefficient (Wildman–Crippen LogP) is 3.96. The lowest BCUT2D eigenvalue weighted by atomic mass is 10.1. The van der Waals surface area contributed by atoms with Gasteiger partial charge in [0.25, 0.3) is 0 Å². The molecule has 4 nitrogen and oxygen atoms in total. The topological polar surface area (TPSA) is 58.4 Å². The van der Waals surface area contributed by atoms with E-state index in [0.29, 0.717) is 6.42 Å². The standard InChI is InChI=1S/C18H29N3O.2ClH/c1-13(2)9-10-21-11-15-5-4-6-17(16(15)12-21)20-18(22)8-7-14(3)19;;/h4-6,13-14H,7-12,19H2,1-3H3,(H,20,22);2*1H. The highest BCUT2D eigenvalue weighted by atomic mass is 35.5. The molecular formula is C18H31Cl2N3O. The van der Waals surface area contributed by atoms with Crippen molar-refractivity contribution in [2.45, 2.75) is 59.2 Å². The lowest BCUT2D eigenvalue weighted by Gasteiger charge is -2.16. The number of fused-ring (bicyclic) bond motifs is 1. The van der Waals surface area contributed by atoms with Gasteiger partial charge in [-0.05, 0) is 49.4 Å². The van der Waals surface area contributed by atoms with Crippen LogP contribution in [0.5, 0.6) is 0 Å². The smallest absolute Gasteiger partial charge is 0.224 e. The Hall–Kier alpha value is -0.810. The first kappa shape index (κ1) is 23.2. The van der Waals surface area contributed by atoms with E-state index in [2.05, 4.69) is 30.1 Å². The maximum atomic E-state index is 12.0. The van der Waals surface area contributed by atoms with E-state index in [9.17, 15) is 4.79 Å². The molecule has 1 aliphatic heterocycles. The lowest BCUT2D eigenvalue weighted by molar-refractivity contribution is -0.116. The largest absolute Gasteiger partial charge is 0.328 e. The van der Waals surface area contributed by atoms with E-state index in [4.69, 9.17) is 5.73 Å². The number of benzene rings is 1. The van der Waals surface area contributed by atoms with E-state index in [1.165, 1.54) is 17.5 Å². The molecule has 1 aromatic rings. The predicted molar refractivity (Wildman–Crippen MR) is 106 cm³/mol. The van der Waals surface area contributed by atoms with Gasteiger partial charge in [0.05, 0.1) is 0 Å². The maximum Gasteiger partial charge on any atom is 0.224 e. The first-order chi connectivity index (χ1) is 10.5. The molecule has 0 aliphatic carbocycles. The fraction of sp³-hybridized carbons (Fsp3) is 0.611. The molecular weight excluding hydrogens is 345 g/mol. The summed E-state index contributed by atoms with van der Waals surface area (Å²) < 4.78 is 0. The Bertz CT molecular complexity index is 521. The summed E-state index contributed by atoms with van der Waals surface area (Å²) in [6.07, 6.45) is 2.42. The van der Waals surface area contributed by atoms with E-state index < -0.39 is 0 Å². The Labute approximate surface area is 158 Å². The molecule has 0 aromatic heterocycles.